The Labute approximate surface area is 252 Å². The van der Waals surface area contributed by atoms with E-state index < -0.39 is 0 Å². The maximum Gasteiger partial charge on any atom is 0.0361 e. The van der Waals surface area contributed by atoms with Crippen molar-refractivity contribution >= 4 is 59.1 Å². The Kier molecular flexibility index (Phi) is 5.98. The first-order chi connectivity index (χ1) is 20.2. The zero-order valence-corrected chi connectivity index (χ0v) is 24.7. The van der Waals surface area contributed by atoms with Gasteiger partial charge < -0.3 is 0 Å². The molecule has 41 heavy (non-hydrogen) atoms. The molecule has 1 aliphatic carbocycles. The third-order valence-electron chi connectivity index (χ3n) is 8.18. The maximum absolute atomic E-state index is 3.63. The van der Waals surface area contributed by atoms with Crippen molar-refractivity contribution in [3.05, 3.63) is 155 Å². The van der Waals surface area contributed by atoms with Crippen LogP contribution in [0, 0.1) is 0 Å². The third-order valence-corrected chi connectivity index (χ3v) is 9.81. The molecule has 2 heteroatoms. The van der Waals surface area contributed by atoms with Gasteiger partial charge in [0.25, 0.3) is 0 Å². The first-order valence-corrected chi connectivity index (χ1v) is 15.5. The zero-order chi connectivity index (χ0) is 27.3. The number of hydrogen-bond donors (Lipinski definition) is 0. The Morgan fingerprint density at radius 3 is 2.00 bits per heavy atom. The summed E-state index contributed by atoms with van der Waals surface area (Å²) in [6.45, 7) is 0. The molecule has 0 spiro atoms. The SMILES string of the molecule is Brc1ccc2sc3cc(-c4ccc(-c5ccc6c(c5)-c5ccccc5C(=Cc5ccccc5)C6)cc4)ccc3c2c1. The van der Waals surface area contributed by atoms with Crippen LogP contribution < -0.4 is 0 Å². The number of hydrogen-bond acceptors (Lipinski definition) is 1. The first-order valence-electron chi connectivity index (χ1n) is 13.9. The zero-order valence-electron chi connectivity index (χ0n) is 22.3. The van der Waals surface area contributed by atoms with Crippen molar-refractivity contribution in [3.8, 4) is 33.4 Å². The van der Waals surface area contributed by atoms with E-state index in [0.29, 0.717) is 0 Å². The molecule has 1 heterocycles. The third kappa shape index (κ3) is 4.44. The highest BCUT2D eigenvalue weighted by Gasteiger charge is 2.20. The van der Waals surface area contributed by atoms with Crippen molar-refractivity contribution in [2.45, 2.75) is 6.42 Å². The molecule has 1 aromatic heterocycles. The van der Waals surface area contributed by atoms with Crippen LogP contribution in [0.25, 0.3) is 65.2 Å². The highest BCUT2D eigenvalue weighted by Crippen LogP contribution is 2.42. The molecule has 0 fully saturated rings. The lowest BCUT2D eigenvalue weighted by molar-refractivity contribution is 1.25. The van der Waals surface area contributed by atoms with Gasteiger partial charge in [0, 0.05) is 24.6 Å². The van der Waals surface area contributed by atoms with Gasteiger partial charge in [-0.05, 0) is 92.4 Å². The molecule has 0 radical (unpaired) electrons. The second-order valence-electron chi connectivity index (χ2n) is 10.7. The minimum Gasteiger partial charge on any atom is -0.135 e. The van der Waals surface area contributed by atoms with Gasteiger partial charge in [-0.25, -0.2) is 0 Å². The van der Waals surface area contributed by atoms with E-state index >= 15 is 0 Å². The molecule has 0 aliphatic heterocycles. The summed E-state index contributed by atoms with van der Waals surface area (Å²) in [5, 5.41) is 2.64. The highest BCUT2D eigenvalue weighted by molar-refractivity contribution is 9.10. The smallest absolute Gasteiger partial charge is 0.0361 e. The highest BCUT2D eigenvalue weighted by atomic mass is 79.9. The van der Waals surface area contributed by atoms with E-state index in [2.05, 4.69) is 155 Å². The summed E-state index contributed by atoms with van der Waals surface area (Å²) in [6.07, 6.45) is 3.28. The molecule has 0 saturated heterocycles. The molecule has 0 saturated carbocycles. The first kappa shape index (κ1) is 24.5. The Bertz CT molecular complexity index is 2110. The van der Waals surface area contributed by atoms with E-state index in [4.69, 9.17) is 0 Å². The van der Waals surface area contributed by atoms with Gasteiger partial charge in [0.1, 0.15) is 0 Å². The Morgan fingerprint density at radius 2 is 1.20 bits per heavy atom. The molecule has 0 atom stereocenters. The predicted molar refractivity (Wildman–Crippen MR) is 181 cm³/mol. The molecule has 0 unspecified atom stereocenters. The fourth-order valence-electron chi connectivity index (χ4n) is 6.12. The van der Waals surface area contributed by atoms with Crippen molar-refractivity contribution in [1.82, 2.24) is 0 Å². The molecule has 0 N–H and O–H groups in total. The lowest BCUT2D eigenvalue weighted by Gasteiger charge is -2.23. The fraction of sp³-hybridized carbons (Fsp3) is 0.0256. The fourth-order valence-corrected chi connectivity index (χ4v) is 7.61. The summed E-state index contributed by atoms with van der Waals surface area (Å²) in [7, 11) is 0. The molecule has 6 aromatic carbocycles. The van der Waals surface area contributed by atoms with E-state index in [-0.39, 0.29) is 0 Å². The monoisotopic (exact) mass is 604 g/mol. The van der Waals surface area contributed by atoms with Gasteiger partial charge in [-0.15, -0.1) is 11.3 Å². The molecule has 0 amide bonds. The van der Waals surface area contributed by atoms with Crippen LogP contribution in [0.3, 0.4) is 0 Å². The lowest BCUT2D eigenvalue weighted by Crippen LogP contribution is -2.03. The van der Waals surface area contributed by atoms with Crippen molar-refractivity contribution in [2.75, 3.05) is 0 Å². The van der Waals surface area contributed by atoms with Crippen LogP contribution in [0.15, 0.2) is 138 Å². The van der Waals surface area contributed by atoms with Crippen molar-refractivity contribution in [1.29, 1.82) is 0 Å². The number of thiophene rings is 1. The standard InChI is InChI=1S/C39H25BrS/c40-32-17-19-38-37(24-32)35-18-16-29(23-39(35)41-38)27-12-10-26(11-13-27)28-14-15-30-21-31(20-25-6-2-1-3-7-25)33-8-4-5-9-34(33)36(30)22-28/h1-20,22-24H,21H2. The normalized spacial score (nSPS) is 13.4. The van der Waals surface area contributed by atoms with Gasteiger partial charge in [0.05, 0.1) is 0 Å². The van der Waals surface area contributed by atoms with E-state index in [9.17, 15) is 0 Å². The van der Waals surface area contributed by atoms with Gasteiger partial charge >= 0.3 is 0 Å². The largest absolute Gasteiger partial charge is 0.135 e. The summed E-state index contributed by atoms with van der Waals surface area (Å²) >= 11 is 5.49. The number of benzene rings is 6. The van der Waals surface area contributed by atoms with Crippen LogP contribution in [0.4, 0.5) is 0 Å². The van der Waals surface area contributed by atoms with Crippen molar-refractivity contribution < 1.29 is 0 Å². The van der Waals surface area contributed by atoms with E-state index in [1.54, 1.807) is 0 Å². The minimum absolute atomic E-state index is 0.942. The Morgan fingerprint density at radius 1 is 0.512 bits per heavy atom. The summed E-state index contributed by atoms with van der Waals surface area (Å²) in [4.78, 5) is 0. The van der Waals surface area contributed by atoms with Crippen LogP contribution in [0.2, 0.25) is 0 Å². The average molecular weight is 606 g/mol. The van der Waals surface area contributed by atoms with Crippen LogP contribution in [-0.4, -0.2) is 0 Å². The number of halogens is 1. The Balaban J connectivity index is 1.13. The summed E-state index contributed by atoms with van der Waals surface area (Å²) in [5.41, 5.74) is 13.0. The Hall–Kier alpha value is -4.24. The van der Waals surface area contributed by atoms with Gasteiger partial charge in [-0.3, -0.25) is 0 Å². The van der Waals surface area contributed by atoms with Crippen LogP contribution in [0.5, 0.6) is 0 Å². The molecule has 8 rings (SSSR count). The number of allylic oxidation sites excluding steroid dienone is 1. The van der Waals surface area contributed by atoms with Gasteiger partial charge in [-0.1, -0.05) is 125 Å². The summed E-state index contributed by atoms with van der Waals surface area (Å²) < 4.78 is 3.78. The second-order valence-corrected chi connectivity index (χ2v) is 12.7. The minimum atomic E-state index is 0.942. The molecule has 0 bridgehead atoms. The van der Waals surface area contributed by atoms with E-state index in [1.807, 2.05) is 11.3 Å². The van der Waals surface area contributed by atoms with Crippen LogP contribution in [0.1, 0.15) is 16.7 Å². The lowest BCUT2D eigenvalue weighted by atomic mass is 9.80. The topological polar surface area (TPSA) is 0 Å². The van der Waals surface area contributed by atoms with Crippen LogP contribution >= 0.6 is 27.3 Å². The molecule has 7 aromatic rings. The van der Waals surface area contributed by atoms with Gasteiger partial charge in [-0.2, -0.15) is 0 Å². The van der Waals surface area contributed by atoms with E-state index in [1.165, 1.54) is 75.8 Å². The quantitative estimate of drug-likeness (QED) is 0.188. The number of rotatable bonds is 3. The summed E-state index contributed by atoms with van der Waals surface area (Å²) in [6, 6.07) is 48.9. The molecule has 1 aliphatic rings. The predicted octanol–water partition coefficient (Wildman–Crippen LogP) is 11.9. The van der Waals surface area contributed by atoms with Gasteiger partial charge in [0.2, 0.25) is 0 Å². The molecule has 0 nitrogen and oxygen atoms in total. The molecular formula is C39H25BrS. The van der Waals surface area contributed by atoms with Gasteiger partial charge in [0.15, 0.2) is 0 Å². The number of fused-ring (bicyclic) bond motifs is 6. The van der Waals surface area contributed by atoms with Crippen LogP contribution in [-0.2, 0) is 6.42 Å². The average Bonchev–Trinajstić information content (AvgIpc) is 3.38. The molecular weight excluding hydrogens is 580 g/mol. The summed E-state index contributed by atoms with van der Waals surface area (Å²) in [5.74, 6) is 0. The van der Waals surface area contributed by atoms with Crippen molar-refractivity contribution in [3.63, 3.8) is 0 Å². The molecule has 194 valence electrons. The second kappa shape index (κ2) is 9.99. The van der Waals surface area contributed by atoms with E-state index in [0.717, 1.165) is 10.9 Å². The van der Waals surface area contributed by atoms with Crippen molar-refractivity contribution in [2.24, 2.45) is 0 Å². The maximum atomic E-state index is 3.63.